The molecule has 0 aliphatic heterocycles. The van der Waals surface area contributed by atoms with Gasteiger partial charge in [-0.2, -0.15) is 0 Å². The Morgan fingerprint density at radius 2 is 1.76 bits per heavy atom. The standard InChI is InChI=1S/C29H50O4/c1-18(2)8-7-9-19(3)23-10-11-24-22-16-26(31)29(32)17-21(33-20(4)30)12-15-28(29,6)25(22)13-14-27(23,24)5/h18-19,21-26,31-32H,7-17H2,1-6H3/t19-,21+,22-,23+,24-,25-,26+,27-,28-,29+/m1/s1. The molecule has 0 bridgehead atoms. The van der Waals surface area contributed by atoms with Crippen molar-refractivity contribution in [2.75, 3.05) is 0 Å². The van der Waals surface area contributed by atoms with E-state index in [2.05, 4.69) is 34.6 Å². The largest absolute Gasteiger partial charge is 0.462 e. The second kappa shape index (κ2) is 9.12. The van der Waals surface area contributed by atoms with Gasteiger partial charge in [0.1, 0.15) is 6.10 Å². The molecule has 4 aliphatic rings. The van der Waals surface area contributed by atoms with Gasteiger partial charge in [-0.15, -0.1) is 0 Å². The monoisotopic (exact) mass is 462 g/mol. The third kappa shape index (κ3) is 4.20. The summed E-state index contributed by atoms with van der Waals surface area (Å²) in [6, 6.07) is 0. The van der Waals surface area contributed by atoms with Gasteiger partial charge in [0.2, 0.25) is 0 Å². The van der Waals surface area contributed by atoms with Crippen molar-refractivity contribution in [2.24, 2.45) is 46.3 Å². The van der Waals surface area contributed by atoms with Gasteiger partial charge in [-0.3, -0.25) is 4.79 Å². The Hall–Kier alpha value is -0.610. The Morgan fingerprint density at radius 3 is 2.42 bits per heavy atom. The van der Waals surface area contributed by atoms with E-state index in [9.17, 15) is 15.0 Å². The zero-order valence-electron chi connectivity index (χ0n) is 22.1. The number of aliphatic hydroxyl groups excluding tert-OH is 1. The number of carbonyl (C=O) groups excluding carboxylic acids is 1. The highest BCUT2D eigenvalue weighted by Crippen LogP contribution is 2.69. The lowest BCUT2D eigenvalue weighted by Gasteiger charge is -2.65. The lowest BCUT2D eigenvalue weighted by Crippen LogP contribution is -2.68. The number of aliphatic hydroxyl groups is 2. The lowest BCUT2D eigenvalue weighted by atomic mass is 9.42. The zero-order chi connectivity index (χ0) is 24.2. The topological polar surface area (TPSA) is 66.8 Å². The zero-order valence-corrected chi connectivity index (χ0v) is 22.1. The van der Waals surface area contributed by atoms with Crippen LogP contribution < -0.4 is 0 Å². The van der Waals surface area contributed by atoms with E-state index in [-0.39, 0.29) is 17.5 Å². The molecule has 0 aromatic heterocycles. The van der Waals surface area contributed by atoms with Crippen molar-refractivity contribution >= 4 is 5.97 Å². The molecule has 0 aromatic carbocycles. The van der Waals surface area contributed by atoms with Crippen molar-refractivity contribution in [3.05, 3.63) is 0 Å². The summed E-state index contributed by atoms with van der Waals surface area (Å²) in [6.45, 7) is 13.4. The first-order valence-electron chi connectivity index (χ1n) is 14.0. The predicted molar refractivity (Wildman–Crippen MR) is 131 cm³/mol. The van der Waals surface area contributed by atoms with Crippen molar-refractivity contribution in [3.63, 3.8) is 0 Å². The van der Waals surface area contributed by atoms with Gasteiger partial charge in [0, 0.05) is 18.8 Å². The SMILES string of the molecule is CC(=O)O[C@H]1CC[C@]2(C)[C@@H]3CC[C@@]4(C)[C@H](CC[C@H]4[C@H](C)CCCC(C)C)[C@H]3C[C@H](O)[C@@]2(O)C1. The van der Waals surface area contributed by atoms with Crippen LogP contribution in [0.15, 0.2) is 0 Å². The molecule has 4 fully saturated rings. The van der Waals surface area contributed by atoms with E-state index in [4.69, 9.17) is 4.74 Å². The summed E-state index contributed by atoms with van der Waals surface area (Å²) in [6.07, 6.45) is 10.8. The van der Waals surface area contributed by atoms with Gasteiger partial charge in [-0.05, 0) is 85.9 Å². The van der Waals surface area contributed by atoms with Gasteiger partial charge < -0.3 is 14.9 Å². The summed E-state index contributed by atoms with van der Waals surface area (Å²) >= 11 is 0. The van der Waals surface area contributed by atoms with Crippen molar-refractivity contribution < 1.29 is 19.7 Å². The number of hydrogen-bond acceptors (Lipinski definition) is 4. The van der Waals surface area contributed by atoms with Crippen LogP contribution in [0.2, 0.25) is 0 Å². The van der Waals surface area contributed by atoms with Crippen LogP contribution in [0.3, 0.4) is 0 Å². The first-order valence-corrected chi connectivity index (χ1v) is 14.0. The molecule has 10 atom stereocenters. The van der Waals surface area contributed by atoms with E-state index >= 15 is 0 Å². The number of carbonyl (C=O) groups is 1. The van der Waals surface area contributed by atoms with E-state index in [1.807, 2.05) is 0 Å². The molecule has 0 unspecified atom stereocenters. The van der Waals surface area contributed by atoms with Crippen LogP contribution in [0.1, 0.15) is 112 Å². The van der Waals surface area contributed by atoms with Crippen LogP contribution >= 0.6 is 0 Å². The molecule has 0 spiro atoms. The van der Waals surface area contributed by atoms with E-state index < -0.39 is 11.7 Å². The highest BCUT2D eigenvalue weighted by atomic mass is 16.5. The Kier molecular flexibility index (Phi) is 7.04. The molecular weight excluding hydrogens is 412 g/mol. The number of ether oxygens (including phenoxy) is 1. The average molecular weight is 463 g/mol. The fourth-order valence-corrected chi connectivity index (χ4v) is 9.60. The van der Waals surface area contributed by atoms with E-state index in [1.165, 1.54) is 45.4 Å². The fourth-order valence-electron chi connectivity index (χ4n) is 9.60. The van der Waals surface area contributed by atoms with Gasteiger partial charge >= 0.3 is 5.97 Å². The fraction of sp³-hybridized carbons (Fsp3) is 0.966. The predicted octanol–water partition coefficient (Wildman–Crippen LogP) is 6.13. The van der Waals surface area contributed by atoms with E-state index in [1.54, 1.807) is 0 Å². The Morgan fingerprint density at radius 1 is 1.03 bits per heavy atom. The van der Waals surface area contributed by atoms with Crippen molar-refractivity contribution in [1.82, 2.24) is 0 Å². The maximum Gasteiger partial charge on any atom is 0.302 e. The molecule has 0 aromatic rings. The molecule has 4 nitrogen and oxygen atoms in total. The minimum atomic E-state index is -1.15. The summed E-state index contributed by atoms with van der Waals surface area (Å²) < 4.78 is 5.50. The minimum absolute atomic E-state index is 0.275. The maximum atomic E-state index is 11.9. The van der Waals surface area contributed by atoms with Gasteiger partial charge in [0.05, 0.1) is 11.7 Å². The quantitative estimate of drug-likeness (QED) is 0.466. The molecule has 190 valence electrons. The van der Waals surface area contributed by atoms with Gasteiger partial charge in [0.15, 0.2) is 0 Å². The van der Waals surface area contributed by atoms with Crippen molar-refractivity contribution in [2.45, 2.75) is 130 Å². The Labute approximate surface area is 202 Å². The van der Waals surface area contributed by atoms with Crippen LogP contribution in [0.4, 0.5) is 0 Å². The molecule has 2 N–H and O–H groups in total. The van der Waals surface area contributed by atoms with E-state index in [0.717, 1.165) is 37.0 Å². The molecule has 4 rings (SSSR count). The second-order valence-electron chi connectivity index (χ2n) is 13.5. The van der Waals surface area contributed by atoms with Crippen molar-refractivity contribution in [1.29, 1.82) is 0 Å². The Bertz CT molecular complexity index is 720. The van der Waals surface area contributed by atoms with Crippen LogP contribution in [0.5, 0.6) is 0 Å². The molecule has 0 saturated heterocycles. The molecule has 0 amide bonds. The number of rotatable bonds is 6. The lowest BCUT2D eigenvalue weighted by molar-refractivity contribution is -0.266. The van der Waals surface area contributed by atoms with Crippen LogP contribution in [-0.2, 0) is 9.53 Å². The smallest absolute Gasteiger partial charge is 0.302 e. The molecule has 33 heavy (non-hydrogen) atoms. The highest BCUT2D eigenvalue weighted by molar-refractivity contribution is 5.66. The Balaban J connectivity index is 1.51. The molecule has 4 aliphatic carbocycles. The molecule has 0 heterocycles. The maximum absolute atomic E-state index is 11.9. The third-order valence-corrected chi connectivity index (χ3v) is 11.3. The summed E-state index contributed by atoms with van der Waals surface area (Å²) in [7, 11) is 0. The molecule has 4 heteroatoms. The molecule has 0 radical (unpaired) electrons. The number of hydrogen-bond donors (Lipinski definition) is 2. The van der Waals surface area contributed by atoms with Crippen LogP contribution in [-0.4, -0.2) is 34.0 Å². The normalized spacial score (nSPS) is 48.0. The molecule has 4 saturated carbocycles. The number of fused-ring (bicyclic) bond motifs is 5. The van der Waals surface area contributed by atoms with Crippen LogP contribution in [0, 0.1) is 46.3 Å². The van der Waals surface area contributed by atoms with Gasteiger partial charge in [-0.25, -0.2) is 0 Å². The van der Waals surface area contributed by atoms with Crippen molar-refractivity contribution in [3.8, 4) is 0 Å². The first kappa shape index (κ1) is 25.5. The summed E-state index contributed by atoms with van der Waals surface area (Å²) in [5.41, 5.74) is -1.07. The van der Waals surface area contributed by atoms with Crippen LogP contribution in [0.25, 0.3) is 0 Å². The highest BCUT2D eigenvalue weighted by Gasteiger charge is 2.67. The van der Waals surface area contributed by atoms with Gasteiger partial charge in [0.25, 0.3) is 0 Å². The van der Waals surface area contributed by atoms with E-state index in [0.29, 0.717) is 36.0 Å². The molecular formula is C29H50O4. The third-order valence-electron chi connectivity index (χ3n) is 11.3. The number of esters is 1. The first-order chi connectivity index (χ1) is 15.4. The summed E-state index contributed by atoms with van der Waals surface area (Å²) in [4.78, 5) is 11.5. The summed E-state index contributed by atoms with van der Waals surface area (Å²) in [5.74, 6) is 3.69. The van der Waals surface area contributed by atoms with Gasteiger partial charge in [-0.1, -0.05) is 53.9 Å². The minimum Gasteiger partial charge on any atom is -0.462 e. The average Bonchev–Trinajstić information content (AvgIpc) is 3.07. The second-order valence-corrected chi connectivity index (χ2v) is 13.5. The summed E-state index contributed by atoms with van der Waals surface area (Å²) in [5, 5.41) is 23.3.